The Morgan fingerprint density at radius 1 is 1.32 bits per heavy atom. The maximum absolute atomic E-state index is 11.8. The molecule has 0 spiro atoms. The fraction of sp³-hybridized carbons (Fsp3) is 0.615. The van der Waals surface area contributed by atoms with Crippen molar-refractivity contribution < 1.29 is 14.7 Å². The first-order valence-corrected chi connectivity index (χ1v) is 6.50. The SMILES string of the molecule is N#C/C(=C/NCCC(=O)O)C(=O)NC1CCCCC1. The molecule has 1 aliphatic rings. The molecule has 6 heteroatoms. The number of nitrogens with zero attached hydrogens (tertiary/aromatic N) is 1. The van der Waals surface area contributed by atoms with Gasteiger partial charge in [0.15, 0.2) is 0 Å². The number of carbonyl (C=O) groups excluding carboxylic acids is 1. The Hall–Kier alpha value is -2.03. The molecule has 0 atom stereocenters. The van der Waals surface area contributed by atoms with Crippen LogP contribution in [0.3, 0.4) is 0 Å². The monoisotopic (exact) mass is 265 g/mol. The van der Waals surface area contributed by atoms with Gasteiger partial charge in [-0.3, -0.25) is 9.59 Å². The maximum Gasteiger partial charge on any atom is 0.305 e. The molecule has 0 aromatic rings. The Labute approximate surface area is 112 Å². The van der Waals surface area contributed by atoms with E-state index in [0.717, 1.165) is 25.7 Å². The summed E-state index contributed by atoms with van der Waals surface area (Å²) < 4.78 is 0. The number of carboxylic acids is 1. The normalized spacial score (nSPS) is 16.5. The second kappa shape index (κ2) is 8.14. The molecule has 1 amide bonds. The Balaban J connectivity index is 2.40. The Bertz CT molecular complexity index is 392. The van der Waals surface area contributed by atoms with Gasteiger partial charge in [-0.2, -0.15) is 5.26 Å². The molecule has 0 unspecified atom stereocenters. The number of hydrogen-bond acceptors (Lipinski definition) is 4. The molecule has 1 aliphatic carbocycles. The molecular formula is C13H19N3O3. The van der Waals surface area contributed by atoms with E-state index in [-0.39, 0.29) is 24.6 Å². The molecule has 0 aliphatic heterocycles. The number of carbonyl (C=O) groups is 2. The molecule has 6 nitrogen and oxygen atoms in total. The van der Waals surface area contributed by atoms with E-state index in [4.69, 9.17) is 10.4 Å². The first-order valence-electron chi connectivity index (χ1n) is 6.50. The third kappa shape index (κ3) is 5.91. The summed E-state index contributed by atoms with van der Waals surface area (Å²) >= 11 is 0. The van der Waals surface area contributed by atoms with Gasteiger partial charge in [-0.1, -0.05) is 19.3 Å². The van der Waals surface area contributed by atoms with E-state index in [9.17, 15) is 9.59 Å². The molecule has 0 aromatic heterocycles. The highest BCUT2D eigenvalue weighted by Gasteiger charge is 2.17. The minimum absolute atomic E-state index is 0.0176. The van der Waals surface area contributed by atoms with E-state index in [0.29, 0.717) is 0 Å². The largest absolute Gasteiger partial charge is 0.481 e. The van der Waals surface area contributed by atoms with Crippen LogP contribution in [0.5, 0.6) is 0 Å². The van der Waals surface area contributed by atoms with Gasteiger partial charge in [0.1, 0.15) is 11.6 Å². The number of amides is 1. The average Bonchev–Trinajstić information content (AvgIpc) is 2.39. The second-order valence-electron chi connectivity index (χ2n) is 4.58. The minimum atomic E-state index is -0.925. The summed E-state index contributed by atoms with van der Waals surface area (Å²) in [5, 5.41) is 22.8. The van der Waals surface area contributed by atoms with Gasteiger partial charge in [0, 0.05) is 18.8 Å². The molecule has 1 saturated carbocycles. The van der Waals surface area contributed by atoms with E-state index < -0.39 is 11.9 Å². The molecule has 0 bridgehead atoms. The molecule has 19 heavy (non-hydrogen) atoms. The maximum atomic E-state index is 11.8. The van der Waals surface area contributed by atoms with Crippen LogP contribution in [0.25, 0.3) is 0 Å². The van der Waals surface area contributed by atoms with Crippen molar-refractivity contribution in [3.05, 3.63) is 11.8 Å². The summed E-state index contributed by atoms with van der Waals surface area (Å²) in [6, 6.07) is 1.97. The zero-order valence-corrected chi connectivity index (χ0v) is 10.8. The Morgan fingerprint density at radius 3 is 2.58 bits per heavy atom. The van der Waals surface area contributed by atoms with Gasteiger partial charge >= 0.3 is 5.97 Å². The molecular weight excluding hydrogens is 246 g/mol. The van der Waals surface area contributed by atoms with E-state index in [1.165, 1.54) is 12.6 Å². The predicted octanol–water partition coefficient (Wildman–Crippen LogP) is 0.907. The molecule has 3 N–H and O–H groups in total. The number of rotatable bonds is 6. The van der Waals surface area contributed by atoms with E-state index in [1.807, 2.05) is 6.07 Å². The van der Waals surface area contributed by atoms with Gasteiger partial charge in [-0.05, 0) is 12.8 Å². The zero-order valence-electron chi connectivity index (χ0n) is 10.8. The van der Waals surface area contributed by atoms with Crippen LogP contribution in [-0.2, 0) is 9.59 Å². The summed E-state index contributed by atoms with van der Waals surface area (Å²) in [5.74, 6) is -1.32. The number of carboxylic acid groups (broad SMARTS) is 1. The lowest BCUT2D eigenvalue weighted by atomic mass is 9.95. The highest BCUT2D eigenvalue weighted by Crippen LogP contribution is 2.17. The number of nitrogens with one attached hydrogen (secondary N) is 2. The van der Waals surface area contributed by atoms with Crippen molar-refractivity contribution in [3.63, 3.8) is 0 Å². The molecule has 1 fully saturated rings. The van der Waals surface area contributed by atoms with Crippen molar-refractivity contribution in [2.24, 2.45) is 0 Å². The van der Waals surface area contributed by atoms with Crippen molar-refractivity contribution in [2.45, 2.75) is 44.6 Å². The van der Waals surface area contributed by atoms with Gasteiger partial charge in [-0.15, -0.1) is 0 Å². The lowest BCUT2D eigenvalue weighted by Crippen LogP contribution is -2.37. The lowest BCUT2D eigenvalue weighted by Gasteiger charge is -2.22. The van der Waals surface area contributed by atoms with Crippen molar-refractivity contribution in [1.82, 2.24) is 10.6 Å². The summed E-state index contributed by atoms with van der Waals surface area (Å²) in [5.41, 5.74) is -0.0176. The van der Waals surface area contributed by atoms with Gasteiger partial charge in [0.2, 0.25) is 0 Å². The highest BCUT2D eigenvalue weighted by atomic mass is 16.4. The third-order valence-electron chi connectivity index (χ3n) is 3.04. The van der Waals surface area contributed by atoms with Crippen LogP contribution < -0.4 is 10.6 Å². The van der Waals surface area contributed by atoms with Gasteiger partial charge < -0.3 is 15.7 Å². The third-order valence-corrected chi connectivity index (χ3v) is 3.04. The Morgan fingerprint density at radius 2 is 2.00 bits per heavy atom. The van der Waals surface area contributed by atoms with Crippen LogP contribution in [0.2, 0.25) is 0 Å². The second-order valence-corrected chi connectivity index (χ2v) is 4.58. The van der Waals surface area contributed by atoms with Crippen LogP contribution >= 0.6 is 0 Å². The Kier molecular flexibility index (Phi) is 6.44. The van der Waals surface area contributed by atoms with Crippen LogP contribution in [0.1, 0.15) is 38.5 Å². The van der Waals surface area contributed by atoms with E-state index in [1.54, 1.807) is 0 Å². The summed E-state index contributed by atoms with van der Waals surface area (Å²) in [4.78, 5) is 22.1. The van der Waals surface area contributed by atoms with E-state index in [2.05, 4.69) is 10.6 Å². The summed E-state index contributed by atoms with van der Waals surface area (Å²) in [6.07, 6.45) is 6.54. The van der Waals surface area contributed by atoms with Gasteiger partial charge in [0.05, 0.1) is 6.42 Å². The highest BCUT2D eigenvalue weighted by molar-refractivity contribution is 5.97. The van der Waals surface area contributed by atoms with Crippen molar-refractivity contribution in [1.29, 1.82) is 5.26 Å². The van der Waals surface area contributed by atoms with Crippen LogP contribution in [0.15, 0.2) is 11.8 Å². The van der Waals surface area contributed by atoms with Crippen LogP contribution in [-0.4, -0.2) is 29.6 Å². The van der Waals surface area contributed by atoms with Gasteiger partial charge in [-0.25, -0.2) is 0 Å². The topological polar surface area (TPSA) is 102 Å². The van der Waals surface area contributed by atoms with Crippen LogP contribution in [0.4, 0.5) is 0 Å². The number of hydrogen-bond donors (Lipinski definition) is 3. The molecule has 104 valence electrons. The fourth-order valence-corrected chi connectivity index (χ4v) is 2.01. The average molecular weight is 265 g/mol. The quantitative estimate of drug-likeness (QED) is 0.376. The molecule has 0 radical (unpaired) electrons. The standard InChI is InChI=1S/C13H19N3O3/c14-8-10(9-15-7-6-12(17)18)13(19)16-11-4-2-1-3-5-11/h9,11,15H,1-7H2,(H,16,19)(H,17,18)/b10-9-. The summed E-state index contributed by atoms with van der Waals surface area (Å²) in [6.45, 7) is 0.192. The van der Waals surface area contributed by atoms with Gasteiger partial charge in [0.25, 0.3) is 5.91 Å². The minimum Gasteiger partial charge on any atom is -0.481 e. The molecule has 0 saturated heterocycles. The molecule has 0 aromatic carbocycles. The number of nitriles is 1. The number of aliphatic carboxylic acids is 1. The van der Waals surface area contributed by atoms with Crippen LogP contribution in [0, 0.1) is 11.3 Å². The first-order chi connectivity index (χ1) is 9.13. The van der Waals surface area contributed by atoms with Crippen molar-refractivity contribution in [2.75, 3.05) is 6.54 Å². The molecule has 0 heterocycles. The van der Waals surface area contributed by atoms with E-state index >= 15 is 0 Å². The lowest BCUT2D eigenvalue weighted by molar-refractivity contribution is -0.136. The molecule has 1 rings (SSSR count). The first kappa shape index (κ1) is 15.0. The predicted molar refractivity (Wildman–Crippen MR) is 69.0 cm³/mol. The fourth-order valence-electron chi connectivity index (χ4n) is 2.01. The van der Waals surface area contributed by atoms with Crippen molar-refractivity contribution in [3.8, 4) is 6.07 Å². The zero-order chi connectivity index (χ0) is 14.1. The van der Waals surface area contributed by atoms with Crippen molar-refractivity contribution >= 4 is 11.9 Å². The smallest absolute Gasteiger partial charge is 0.305 e. The summed E-state index contributed by atoms with van der Waals surface area (Å²) in [7, 11) is 0.